The van der Waals surface area contributed by atoms with Crippen LogP contribution in [-0.2, 0) is 7.05 Å². The van der Waals surface area contributed by atoms with Crippen molar-refractivity contribution in [1.29, 1.82) is 0 Å². The average molecular weight is 240 g/mol. The van der Waals surface area contributed by atoms with Crippen LogP contribution in [0.25, 0.3) is 0 Å². The van der Waals surface area contributed by atoms with Gasteiger partial charge in [0.15, 0.2) is 0 Å². The van der Waals surface area contributed by atoms with Gasteiger partial charge in [-0.15, -0.1) is 0 Å². The Labute approximate surface area is 95.4 Å². The van der Waals surface area contributed by atoms with Crippen molar-refractivity contribution in [3.63, 3.8) is 0 Å². The highest BCUT2D eigenvalue weighted by Crippen LogP contribution is 2.24. The molecule has 84 valence electrons. The average Bonchev–Trinajstić information content (AvgIpc) is 2.64. The molecule has 2 aromatic rings. The molecule has 0 radical (unpaired) electrons. The minimum atomic E-state index is 0.0203. The van der Waals surface area contributed by atoms with Crippen LogP contribution in [-0.4, -0.2) is 19.7 Å². The van der Waals surface area contributed by atoms with E-state index in [2.05, 4.69) is 20.4 Å². The second kappa shape index (κ2) is 4.35. The van der Waals surface area contributed by atoms with E-state index in [9.17, 15) is 3.89 Å². The molecule has 2 heterocycles. The number of anilines is 3. The summed E-state index contributed by atoms with van der Waals surface area (Å²) >= 11 is 0.0203. The van der Waals surface area contributed by atoms with Gasteiger partial charge in [0.25, 0.3) is 0 Å². The molecule has 0 bridgehead atoms. The number of hydrogen-bond acceptors (Lipinski definition) is 6. The Morgan fingerprint density at radius 2 is 2.31 bits per heavy atom. The van der Waals surface area contributed by atoms with Crippen molar-refractivity contribution in [2.24, 2.45) is 7.05 Å². The van der Waals surface area contributed by atoms with E-state index in [1.807, 2.05) is 0 Å². The van der Waals surface area contributed by atoms with Gasteiger partial charge in [0.05, 0.1) is 30.2 Å². The first-order chi connectivity index (χ1) is 7.69. The van der Waals surface area contributed by atoms with Crippen molar-refractivity contribution in [3.8, 4) is 0 Å². The third-order valence-electron chi connectivity index (χ3n) is 1.83. The van der Waals surface area contributed by atoms with Crippen LogP contribution in [0.5, 0.6) is 0 Å². The fourth-order valence-electron chi connectivity index (χ4n) is 1.12. The normalized spacial score (nSPS) is 10.4. The topological polar surface area (TPSA) is 81.7 Å². The Hall–Kier alpha value is -1.83. The van der Waals surface area contributed by atoms with Crippen LogP contribution in [0.2, 0.25) is 0 Å². The largest absolute Gasteiger partial charge is 0.383 e. The Morgan fingerprint density at radius 3 is 2.88 bits per heavy atom. The van der Waals surface area contributed by atoms with Crippen LogP contribution in [0.3, 0.4) is 0 Å². The Bertz CT molecular complexity index is 499. The van der Waals surface area contributed by atoms with E-state index >= 15 is 0 Å². The summed E-state index contributed by atoms with van der Waals surface area (Å²) < 4.78 is 13.9. The van der Waals surface area contributed by atoms with Crippen LogP contribution in [0.15, 0.2) is 23.5 Å². The highest BCUT2D eigenvalue weighted by atomic mass is 32.2. The summed E-state index contributed by atoms with van der Waals surface area (Å²) in [6.07, 6.45) is 4.71. The molecule has 0 spiro atoms. The van der Waals surface area contributed by atoms with Crippen LogP contribution in [0, 0.1) is 0 Å². The molecular weight excluding hydrogens is 231 g/mol. The number of nitrogens with two attached hydrogens (primary N) is 1. The lowest BCUT2D eigenvalue weighted by Gasteiger charge is -2.03. The van der Waals surface area contributed by atoms with Crippen LogP contribution >= 0.6 is 12.1 Å². The second-order valence-corrected chi connectivity index (χ2v) is 3.64. The molecular formula is C8H9FN6S. The van der Waals surface area contributed by atoms with Gasteiger partial charge in [-0.1, -0.05) is 0 Å². The number of nitrogens with zero attached hydrogens (tertiary/aromatic N) is 4. The number of nitrogen functional groups attached to an aromatic ring is 1. The molecule has 6 nitrogen and oxygen atoms in total. The fourth-order valence-corrected chi connectivity index (χ4v) is 1.34. The minimum Gasteiger partial charge on any atom is -0.383 e. The molecule has 0 aliphatic carbocycles. The van der Waals surface area contributed by atoms with Crippen molar-refractivity contribution < 1.29 is 3.89 Å². The number of rotatable bonds is 3. The van der Waals surface area contributed by atoms with Crippen LogP contribution < -0.4 is 11.1 Å². The van der Waals surface area contributed by atoms with Crippen molar-refractivity contribution >= 4 is 29.6 Å². The molecule has 0 saturated carbocycles. The highest BCUT2D eigenvalue weighted by Gasteiger charge is 2.05. The zero-order valence-electron chi connectivity index (χ0n) is 8.38. The zero-order valence-corrected chi connectivity index (χ0v) is 9.20. The van der Waals surface area contributed by atoms with E-state index in [0.717, 1.165) is 5.69 Å². The van der Waals surface area contributed by atoms with Gasteiger partial charge in [-0.2, -0.15) is 14.0 Å². The Balaban J connectivity index is 2.19. The molecule has 0 atom stereocenters. The monoisotopic (exact) mass is 240 g/mol. The van der Waals surface area contributed by atoms with Gasteiger partial charge in [0, 0.05) is 13.2 Å². The van der Waals surface area contributed by atoms with Gasteiger partial charge in [-0.25, -0.2) is 4.98 Å². The molecule has 0 fully saturated rings. The fraction of sp³-hybridized carbons (Fsp3) is 0.125. The highest BCUT2D eigenvalue weighted by molar-refractivity contribution is 7.94. The van der Waals surface area contributed by atoms with Gasteiger partial charge in [-0.3, -0.25) is 4.68 Å². The number of aryl methyl sites for hydroxylation is 1. The maximum Gasteiger partial charge on any atom is 0.229 e. The zero-order chi connectivity index (χ0) is 11.5. The SMILES string of the molecule is Cn1cc(Nc2ncc(SF)c(N)n2)cn1. The molecule has 2 aromatic heterocycles. The van der Waals surface area contributed by atoms with E-state index in [-0.39, 0.29) is 22.9 Å². The quantitative estimate of drug-likeness (QED) is 0.846. The number of aromatic nitrogens is 4. The lowest BCUT2D eigenvalue weighted by Crippen LogP contribution is -2.00. The first kappa shape index (κ1) is 10.7. The molecule has 0 amide bonds. The van der Waals surface area contributed by atoms with E-state index in [4.69, 9.17) is 5.73 Å². The lowest BCUT2D eigenvalue weighted by molar-refractivity contribution is 0.768. The van der Waals surface area contributed by atoms with Gasteiger partial charge < -0.3 is 11.1 Å². The van der Waals surface area contributed by atoms with E-state index < -0.39 is 0 Å². The second-order valence-electron chi connectivity index (χ2n) is 3.05. The predicted octanol–water partition coefficient (Wildman–Crippen LogP) is 1.51. The molecule has 16 heavy (non-hydrogen) atoms. The first-order valence-corrected chi connectivity index (χ1v) is 5.07. The molecule has 2 rings (SSSR count). The van der Waals surface area contributed by atoms with E-state index in [1.54, 1.807) is 24.1 Å². The number of nitrogens with one attached hydrogen (secondary N) is 1. The number of halogens is 1. The summed E-state index contributed by atoms with van der Waals surface area (Å²) in [5.41, 5.74) is 6.26. The van der Waals surface area contributed by atoms with Crippen molar-refractivity contribution in [1.82, 2.24) is 19.7 Å². The first-order valence-electron chi connectivity index (χ1n) is 4.36. The molecule has 0 saturated heterocycles. The molecule has 0 aromatic carbocycles. The third-order valence-corrected chi connectivity index (χ3v) is 2.31. The van der Waals surface area contributed by atoms with Crippen molar-refractivity contribution in [2.75, 3.05) is 11.1 Å². The van der Waals surface area contributed by atoms with Crippen LogP contribution in [0.4, 0.5) is 21.3 Å². The molecule has 0 unspecified atom stereocenters. The molecule has 8 heteroatoms. The van der Waals surface area contributed by atoms with Crippen molar-refractivity contribution in [3.05, 3.63) is 18.6 Å². The summed E-state index contributed by atoms with van der Waals surface area (Å²) in [6.45, 7) is 0. The van der Waals surface area contributed by atoms with Gasteiger partial charge in [0.2, 0.25) is 5.95 Å². The lowest BCUT2D eigenvalue weighted by atomic mass is 10.5. The molecule has 0 aliphatic heterocycles. The van der Waals surface area contributed by atoms with Gasteiger partial charge in [0.1, 0.15) is 10.7 Å². The van der Waals surface area contributed by atoms with E-state index in [1.165, 1.54) is 6.20 Å². The summed E-state index contributed by atoms with van der Waals surface area (Å²) in [7, 11) is 1.79. The summed E-state index contributed by atoms with van der Waals surface area (Å²) in [5, 5.41) is 6.87. The number of hydrogen-bond donors (Lipinski definition) is 2. The van der Waals surface area contributed by atoms with Gasteiger partial charge >= 0.3 is 0 Å². The van der Waals surface area contributed by atoms with E-state index in [0.29, 0.717) is 5.95 Å². The van der Waals surface area contributed by atoms with Crippen LogP contribution in [0.1, 0.15) is 0 Å². The maximum absolute atomic E-state index is 12.3. The summed E-state index contributed by atoms with van der Waals surface area (Å²) in [6, 6.07) is 0. The molecule has 3 N–H and O–H groups in total. The smallest absolute Gasteiger partial charge is 0.229 e. The summed E-state index contributed by atoms with van der Waals surface area (Å²) in [5.74, 6) is 0.414. The standard InChI is InChI=1S/C8H9FN6S/c1-15-4-5(2-12-15)13-8-11-3-6(16-9)7(10)14-8/h2-4H,1H3,(H3,10,11,13,14). The Kier molecular flexibility index (Phi) is 2.91. The predicted molar refractivity (Wildman–Crippen MR) is 59.9 cm³/mol. The van der Waals surface area contributed by atoms with Gasteiger partial charge in [-0.05, 0) is 0 Å². The minimum absolute atomic E-state index is 0.0203. The summed E-state index contributed by atoms with van der Waals surface area (Å²) in [4.78, 5) is 8.03. The third kappa shape index (κ3) is 2.22. The van der Waals surface area contributed by atoms with Crippen molar-refractivity contribution in [2.45, 2.75) is 4.90 Å². The maximum atomic E-state index is 12.3. The molecule has 0 aliphatic rings. The Morgan fingerprint density at radius 1 is 1.50 bits per heavy atom.